The van der Waals surface area contributed by atoms with Gasteiger partial charge in [-0.25, -0.2) is 4.79 Å². The van der Waals surface area contributed by atoms with Crippen LogP contribution in [-0.2, 0) is 20.7 Å². The minimum Gasteiger partial charge on any atom is -0.466 e. The number of carbonyl (C=O) groups is 2. The number of nitrogens with zero attached hydrogens (tertiary/aromatic N) is 1. The standard InChI is InChI=1S/C32H36N2O3/c1-34(2)29-17-15-27(16-18-29)26-13-10-25(11-14-26)23-32(20-5-4-6-21-32)31(36)33-28-9-7-8-24(22-28)12-19-30(35)37-3/h7-19,22H,4-6,20-21,23H2,1-3H3,(H,33,36)/b19-12+. The Morgan fingerprint density at radius 3 is 2.19 bits per heavy atom. The first-order chi connectivity index (χ1) is 17.9. The van der Waals surface area contributed by atoms with E-state index in [1.54, 1.807) is 6.08 Å². The molecule has 0 aromatic heterocycles. The lowest BCUT2D eigenvalue weighted by Gasteiger charge is -2.36. The molecule has 4 rings (SSSR count). The van der Waals surface area contributed by atoms with Gasteiger partial charge in [-0.15, -0.1) is 0 Å². The zero-order valence-electron chi connectivity index (χ0n) is 22.0. The molecule has 1 N–H and O–H groups in total. The molecule has 1 saturated carbocycles. The SMILES string of the molecule is COC(=O)/C=C/c1cccc(NC(=O)C2(Cc3ccc(-c4ccc(N(C)C)cc4)cc3)CCCCC2)c1. The van der Waals surface area contributed by atoms with E-state index in [2.05, 4.69) is 63.5 Å². The second-order valence-corrected chi connectivity index (χ2v) is 10.1. The van der Waals surface area contributed by atoms with Gasteiger partial charge in [0.2, 0.25) is 5.91 Å². The van der Waals surface area contributed by atoms with Crippen molar-refractivity contribution in [2.24, 2.45) is 5.41 Å². The summed E-state index contributed by atoms with van der Waals surface area (Å²) in [6.45, 7) is 0. The van der Waals surface area contributed by atoms with Crippen LogP contribution in [0, 0.1) is 5.41 Å². The van der Waals surface area contributed by atoms with Crippen molar-refractivity contribution in [1.29, 1.82) is 0 Å². The number of amides is 1. The van der Waals surface area contributed by atoms with Gasteiger partial charge >= 0.3 is 5.97 Å². The lowest BCUT2D eigenvalue weighted by atomic mass is 9.69. The molecule has 1 fully saturated rings. The highest BCUT2D eigenvalue weighted by Crippen LogP contribution is 2.40. The number of esters is 1. The number of rotatable bonds is 8. The second-order valence-electron chi connectivity index (χ2n) is 10.1. The van der Waals surface area contributed by atoms with Crippen LogP contribution >= 0.6 is 0 Å². The third kappa shape index (κ3) is 6.67. The van der Waals surface area contributed by atoms with Crippen LogP contribution in [0.4, 0.5) is 11.4 Å². The Kier molecular flexibility index (Phi) is 8.44. The third-order valence-corrected chi connectivity index (χ3v) is 7.26. The van der Waals surface area contributed by atoms with E-state index in [0.717, 1.165) is 43.4 Å². The highest BCUT2D eigenvalue weighted by Gasteiger charge is 2.39. The monoisotopic (exact) mass is 496 g/mol. The minimum atomic E-state index is -0.426. The van der Waals surface area contributed by atoms with Gasteiger partial charge in [0.25, 0.3) is 0 Å². The summed E-state index contributed by atoms with van der Waals surface area (Å²) in [5.74, 6) is -0.336. The maximum absolute atomic E-state index is 13.7. The Labute approximate surface area is 220 Å². The van der Waals surface area contributed by atoms with Crippen LogP contribution in [0.25, 0.3) is 17.2 Å². The molecular formula is C32H36N2O3. The Hall–Kier alpha value is -3.86. The Balaban J connectivity index is 1.49. The zero-order chi connectivity index (χ0) is 26.3. The first kappa shape index (κ1) is 26.2. The molecule has 5 heteroatoms. The van der Waals surface area contributed by atoms with E-state index in [0.29, 0.717) is 0 Å². The predicted molar refractivity (Wildman–Crippen MR) is 152 cm³/mol. The van der Waals surface area contributed by atoms with Crippen LogP contribution in [0.3, 0.4) is 0 Å². The van der Waals surface area contributed by atoms with E-state index < -0.39 is 11.4 Å². The molecule has 0 heterocycles. The molecule has 0 saturated heterocycles. The van der Waals surface area contributed by atoms with Gasteiger partial charge in [0, 0.05) is 31.5 Å². The molecule has 192 valence electrons. The van der Waals surface area contributed by atoms with Gasteiger partial charge in [-0.3, -0.25) is 4.79 Å². The van der Waals surface area contributed by atoms with Gasteiger partial charge in [-0.1, -0.05) is 67.8 Å². The normalized spacial score (nSPS) is 14.8. The van der Waals surface area contributed by atoms with Crippen LogP contribution in [0.15, 0.2) is 78.9 Å². The van der Waals surface area contributed by atoms with Crippen molar-refractivity contribution in [3.8, 4) is 11.1 Å². The quantitative estimate of drug-likeness (QED) is 0.277. The maximum atomic E-state index is 13.7. The van der Waals surface area contributed by atoms with Gasteiger partial charge in [-0.05, 0) is 71.9 Å². The van der Waals surface area contributed by atoms with Gasteiger partial charge in [0.05, 0.1) is 12.5 Å². The number of methoxy groups -OCH3 is 1. The van der Waals surface area contributed by atoms with Gasteiger partial charge in [0.15, 0.2) is 0 Å². The number of nitrogens with one attached hydrogen (secondary N) is 1. The van der Waals surface area contributed by atoms with Gasteiger partial charge < -0.3 is 15.0 Å². The average Bonchev–Trinajstić information content (AvgIpc) is 2.93. The van der Waals surface area contributed by atoms with Gasteiger partial charge in [-0.2, -0.15) is 0 Å². The van der Waals surface area contributed by atoms with E-state index in [1.807, 2.05) is 38.4 Å². The van der Waals surface area contributed by atoms with E-state index in [4.69, 9.17) is 0 Å². The molecule has 0 bridgehead atoms. The van der Waals surface area contributed by atoms with E-state index >= 15 is 0 Å². The molecule has 3 aromatic rings. The molecule has 37 heavy (non-hydrogen) atoms. The third-order valence-electron chi connectivity index (χ3n) is 7.26. The Morgan fingerprint density at radius 2 is 1.57 bits per heavy atom. The number of ether oxygens (including phenoxy) is 1. The Morgan fingerprint density at radius 1 is 0.919 bits per heavy atom. The zero-order valence-corrected chi connectivity index (χ0v) is 22.0. The summed E-state index contributed by atoms with van der Waals surface area (Å²) in [6, 6.07) is 24.7. The van der Waals surface area contributed by atoms with Crippen molar-refractivity contribution in [1.82, 2.24) is 0 Å². The second kappa shape index (κ2) is 11.9. The van der Waals surface area contributed by atoms with Crippen LogP contribution < -0.4 is 10.2 Å². The van der Waals surface area contributed by atoms with Crippen molar-refractivity contribution < 1.29 is 14.3 Å². The molecule has 0 atom stereocenters. The number of carbonyl (C=O) groups excluding carboxylic acids is 2. The topological polar surface area (TPSA) is 58.6 Å². The highest BCUT2D eigenvalue weighted by atomic mass is 16.5. The summed E-state index contributed by atoms with van der Waals surface area (Å²) in [5, 5.41) is 3.17. The molecule has 5 nitrogen and oxygen atoms in total. The van der Waals surface area contributed by atoms with E-state index in [1.165, 1.54) is 42.0 Å². The summed E-state index contributed by atoms with van der Waals surface area (Å²) in [4.78, 5) is 27.2. The molecule has 1 amide bonds. The molecule has 1 aliphatic carbocycles. The largest absolute Gasteiger partial charge is 0.466 e. The average molecular weight is 497 g/mol. The molecular weight excluding hydrogens is 460 g/mol. The smallest absolute Gasteiger partial charge is 0.330 e. The number of hydrogen-bond acceptors (Lipinski definition) is 4. The van der Waals surface area contributed by atoms with Crippen LogP contribution in [0.2, 0.25) is 0 Å². The Bertz CT molecular complexity index is 1240. The first-order valence-electron chi connectivity index (χ1n) is 12.9. The van der Waals surface area contributed by atoms with Crippen LogP contribution in [0.5, 0.6) is 0 Å². The summed E-state index contributed by atoms with van der Waals surface area (Å²) in [7, 11) is 5.43. The van der Waals surface area contributed by atoms with Crippen molar-refractivity contribution in [3.63, 3.8) is 0 Å². The van der Waals surface area contributed by atoms with E-state index in [9.17, 15) is 9.59 Å². The van der Waals surface area contributed by atoms with Crippen LogP contribution in [0.1, 0.15) is 43.2 Å². The van der Waals surface area contributed by atoms with Crippen molar-refractivity contribution >= 4 is 29.3 Å². The molecule has 0 spiro atoms. The first-order valence-corrected chi connectivity index (χ1v) is 12.9. The molecule has 0 unspecified atom stereocenters. The lowest BCUT2D eigenvalue weighted by Crippen LogP contribution is -2.40. The summed E-state index contributed by atoms with van der Waals surface area (Å²) in [5.41, 5.74) is 5.85. The number of hydrogen-bond donors (Lipinski definition) is 1. The molecule has 1 aliphatic rings. The molecule has 0 radical (unpaired) electrons. The summed E-state index contributed by atoms with van der Waals surface area (Å²) < 4.78 is 4.66. The predicted octanol–water partition coefficient (Wildman–Crippen LogP) is 6.74. The van der Waals surface area contributed by atoms with Crippen LogP contribution in [-0.4, -0.2) is 33.1 Å². The number of benzene rings is 3. The molecule has 0 aliphatic heterocycles. The lowest BCUT2D eigenvalue weighted by molar-refractivity contribution is -0.134. The number of anilines is 2. The fourth-order valence-electron chi connectivity index (χ4n) is 5.09. The molecule has 3 aromatic carbocycles. The van der Waals surface area contributed by atoms with Crippen molar-refractivity contribution in [2.45, 2.75) is 38.5 Å². The van der Waals surface area contributed by atoms with Gasteiger partial charge in [0.1, 0.15) is 0 Å². The maximum Gasteiger partial charge on any atom is 0.330 e. The summed E-state index contributed by atoms with van der Waals surface area (Å²) in [6.07, 6.45) is 8.85. The van der Waals surface area contributed by atoms with Crippen molar-refractivity contribution in [3.05, 3.63) is 90.0 Å². The highest BCUT2D eigenvalue weighted by molar-refractivity contribution is 5.96. The van der Waals surface area contributed by atoms with E-state index in [-0.39, 0.29) is 5.91 Å². The van der Waals surface area contributed by atoms with Crippen molar-refractivity contribution in [2.75, 3.05) is 31.4 Å². The summed E-state index contributed by atoms with van der Waals surface area (Å²) >= 11 is 0. The fourth-order valence-corrected chi connectivity index (χ4v) is 5.09. The minimum absolute atomic E-state index is 0.0737. The fraction of sp³-hybridized carbons (Fsp3) is 0.312.